The molecule has 158 valence electrons. The van der Waals surface area contributed by atoms with Gasteiger partial charge in [0.1, 0.15) is 0 Å². The van der Waals surface area contributed by atoms with Crippen LogP contribution in [-0.2, 0) is 12.7 Å². The van der Waals surface area contributed by atoms with Gasteiger partial charge in [-0.15, -0.1) is 0 Å². The van der Waals surface area contributed by atoms with Crippen LogP contribution in [0.15, 0.2) is 66.7 Å². The molecule has 0 aliphatic carbocycles. The summed E-state index contributed by atoms with van der Waals surface area (Å²) >= 11 is 7.55. The summed E-state index contributed by atoms with van der Waals surface area (Å²) in [7, 11) is 0. The van der Waals surface area contributed by atoms with Gasteiger partial charge in [0.15, 0.2) is 5.13 Å². The number of amides is 1. The van der Waals surface area contributed by atoms with E-state index in [1.54, 1.807) is 6.07 Å². The molecule has 0 spiro atoms. The zero-order valence-electron chi connectivity index (χ0n) is 16.3. The van der Waals surface area contributed by atoms with Gasteiger partial charge in [0.2, 0.25) is 0 Å². The maximum Gasteiger partial charge on any atom is 0.416 e. The molecule has 0 bridgehead atoms. The van der Waals surface area contributed by atoms with Crippen LogP contribution in [0.5, 0.6) is 0 Å². The van der Waals surface area contributed by atoms with E-state index in [1.807, 2.05) is 43.3 Å². The van der Waals surface area contributed by atoms with E-state index in [-0.39, 0.29) is 12.1 Å². The smallest absolute Gasteiger partial charge is 0.279 e. The normalized spacial score (nSPS) is 11.6. The van der Waals surface area contributed by atoms with Gasteiger partial charge < -0.3 is 0 Å². The summed E-state index contributed by atoms with van der Waals surface area (Å²) in [5.74, 6) is -0.567. The number of halogens is 4. The maximum absolute atomic E-state index is 13.4. The molecule has 0 unspecified atom stereocenters. The van der Waals surface area contributed by atoms with Crippen LogP contribution in [0, 0.1) is 6.92 Å². The molecular weight excluding hydrogens is 445 g/mol. The number of anilines is 1. The third kappa shape index (κ3) is 4.43. The number of fused-ring (bicyclic) bond motifs is 1. The zero-order valence-corrected chi connectivity index (χ0v) is 17.9. The van der Waals surface area contributed by atoms with E-state index >= 15 is 0 Å². The third-order valence-corrected chi connectivity index (χ3v) is 6.32. The van der Waals surface area contributed by atoms with E-state index in [0.29, 0.717) is 15.7 Å². The topological polar surface area (TPSA) is 33.2 Å². The van der Waals surface area contributed by atoms with Crippen molar-refractivity contribution in [2.45, 2.75) is 19.6 Å². The van der Waals surface area contributed by atoms with Gasteiger partial charge in [0, 0.05) is 5.56 Å². The molecule has 3 nitrogen and oxygen atoms in total. The number of carbonyl (C=O) groups excluding carboxylic acids is 1. The first-order valence-corrected chi connectivity index (χ1v) is 10.5. The molecule has 0 saturated heterocycles. The first-order valence-electron chi connectivity index (χ1n) is 9.33. The van der Waals surface area contributed by atoms with Crippen LogP contribution in [0.4, 0.5) is 18.3 Å². The molecule has 0 saturated carbocycles. The van der Waals surface area contributed by atoms with Crippen molar-refractivity contribution in [1.29, 1.82) is 0 Å². The fraction of sp³-hybridized carbons (Fsp3) is 0.130. The van der Waals surface area contributed by atoms with E-state index in [1.165, 1.54) is 28.4 Å². The molecule has 0 N–H and O–H groups in total. The highest BCUT2D eigenvalue weighted by atomic mass is 35.5. The SMILES string of the molecule is Cc1ccc(Cl)c2sc(N(Cc3ccccc3)C(=O)c3cccc(C(F)(F)F)c3)nc12. The fourth-order valence-electron chi connectivity index (χ4n) is 3.18. The van der Waals surface area contributed by atoms with Crippen molar-refractivity contribution >= 4 is 44.2 Å². The second-order valence-corrected chi connectivity index (χ2v) is 8.38. The monoisotopic (exact) mass is 460 g/mol. The average Bonchev–Trinajstić information content (AvgIpc) is 3.21. The minimum atomic E-state index is -4.54. The summed E-state index contributed by atoms with van der Waals surface area (Å²) in [6.45, 7) is 2.05. The molecule has 0 fully saturated rings. The maximum atomic E-state index is 13.4. The van der Waals surface area contributed by atoms with Crippen LogP contribution in [-0.4, -0.2) is 10.9 Å². The van der Waals surface area contributed by atoms with Crippen molar-refractivity contribution in [3.05, 3.63) is 94.0 Å². The fourth-order valence-corrected chi connectivity index (χ4v) is 4.50. The van der Waals surface area contributed by atoms with Crippen LogP contribution in [0.3, 0.4) is 0 Å². The Morgan fingerprint density at radius 2 is 1.81 bits per heavy atom. The number of benzene rings is 3. The number of carbonyl (C=O) groups is 1. The van der Waals surface area contributed by atoms with Crippen LogP contribution in [0.25, 0.3) is 10.2 Å². The summed E-state index contributed by atoms with van der Waals surface area (Å²) in [5, 5.41) is 0.882. The van der Waals surface area contributed by atoms with Crippen LogP contribution in [0.1, 0.15) is 27.0 Å². The quantitative estimate of drug-likeness (QED) is 0.324. The summed E-state index contributed by atoms with van der Waals surface area (Å²) in [6, 6.07) is 17.2. The molecular formula is C23H16ClF3N2OS. The Morgan fingerprint density at radius 3 is 2.48 bits per heavy atom. The molecule has 1 aromatic heterocycles. The Balaban J connectivity index is 1.81. The lowest BCUT2D eigenvalue weighted by Crippen LogP contribution is -2.30. The van der Waals surface area contributed by atoms with Crippen molar-refractivity contribution in [2.75, 3.05) is 4.90 Å². The van der Waals surface area contributed by atoms with Gasteiger partial charge >= 0.3 is 6.18 Å². The molecule has 3 aromatic carbocycles. The lowest BCUT2D eigenvalue weighted by atomic mass is 10.1. The van der Waals surface area contributed by atoms with Crippen molar-refractivity contribution in [2.24, 2.45) is 0 Å². The van der Waals surface area contributed by atoms with Gasteiger partial charge in [0.25, 0.3) is 5.91 Å². The van der Waals surface area contributed by atoms with Crippen LogP contribution < -0.4 is 4.90 Å². The number of aryl methyl sites for hydroxylation is 1. The lowest BCUT2D eigenvalue weighted by Gasteiger charge is -2.20. The van der Waals surface area contributed by atoms with E-state index in [4.69, 9.17) is 11.6 Å². The summed E-state index contributed by atoms with van der Waals surface area (Å²) in [6.07, 6.45) is -4.54. The molecule has 4 rings (SSSR count). The highest BCUT2D eigenvalue weighted by Gasteiger charge is 2.32. The highest BCUT2D eigenvalue weighted by molar-refractivity contribution is 7.23. The number of nitrogens with zero attached hydrogens (tertiary/aromatic N) is 2. The van der Waals surface area contributed by atoms with Crippen molar-refractivity contribution in [3.63, 3.8) is 0 Å². The van der Waals surface area contributed by atoms with Crippen molar-refractivity contribution in [1.82, 2.24) is 4.98 Å². The number of rotatable bonds is 4. The lowest BCUT2D eigenvalue weighted by molar-refractivity contribution is -0.137. The predicted molar refractivity (Wildman–Crippen MR) is 118 cm³/mol. The van der Waals surface area contributed by atoms with Gasteiger partial charge in [-0.2, -0.15) is 13.2 Å². The first kappa shape index (κ1) is 21.3. The Morgan fingerprint density at radius 1 is 1.06 bits per heavy atom. The highest BCUT2D eigenvalue weighted by Crippen LogP contribution is 2.37. The summed E-state index contributed by atoms with van der Waals surface area (Å²) < 4.78 is 40.3. The Labute approximate surface area is 185 Å². The van der Waals surface area contributed by atoms with Crippen LogP contribution >= 0.6 is 22.9 Å². The second-order valence-electron chi connectivity index (χ2n) is 6.99. The molecule has 1 heterocycles. The van der Waals surface area contributed by atoms with Gasteiger partial charge in [-0.3, -0.25) is 9.69 Å². The Bertz CT molecular complexity index is 1220. The Kier molecular flexibility index (Phi) is 5.73. The molecule has 8 heteroatoms. The van der Waals surface area contributed by atoms with E-state index < -0.39 is 17.6 Å². The van der Waals surface area contributed by atoms with E-state index in [2.05, 4.69) is 4.98 Å². The molecule has 4 aromatic rings. The average molecular weight is 461 g/mol. The Hall–Kier alpha value is -2.90. The third-order valence-electron chi connectivity index (χ3n) is 4.78. The minimum absolute atomic E-state index is 0.0622. The zero-order chi connectivity index (χ0) is 22.2. The number of aromatic nitrogens is 1. The standard InChI is InChI=1S/C23H16ClF3N2OS/c1-14-10-11-18(24)20-19(14)28-22(31-20)29(13-15-6-3-2-4-7-15)21(30)16-8-5-9-17(12-16)23(25,26)27/h2-12H,13H2,1H3. The van der Waals surface area contributed by atoms with Crippen LogP contribution in [0.2, 0.25) is 5.02 Å². The minimum Gasteiger partial charge on any atom is -0.279 e. The number of hydrogen-bond donors (Lipinski definition) is 0. The summed E-state index contributed by atoms with van der Waals surface area (Å²) in [5.41, 5.74) is 1.45. The van der Waals surface area contributed by atoms with E-state index in [0.717, 1.165) is 28.0 Å². The molecule has 0 aliphatic rings. The molecule has 1 amide bonds. The largest absolute Gasteiger partial charge is 0.416 e. The number of thiazole rings is 1. The predicted octanol–water partition coefficient (Wildman–Crippen LogP) is 7.12. The van der Waals surface area contributed by atoms with Crippen molar-refractivity contribution in [3.8, 4) is 0 Å². The first-order chi connectivity index (χ1) is 14.7. The van der Waals surface area contributed by atoms with Gasteiger partial charge in [-0.1, -0.05) is 65.4 Å². The van der Waals surface area contributed by atoms with Crippen molar-refractivity contribution < 1.29 is 18.0 Å². The molecule has 0 aliphatic heterocycles. The molecule has 31 heavy (non-hydrogen) atoms. The van der Waals surface area contributed by atoms with E-state index in [9.17, 15) is 18.0 Å². The second kappa shape index (κ2) is 8.32. The number of alkyl halides is 3. The molecule has 0 radical (unpaired) electrons. The van der Waals surface area contributed by atoms with Gasteiger partial charge in [0.05, 0.1) is 27.3 Å². The summed E-state index contributed by atoms with van der Waals surface area (Å²) in [4.78, 5) is 19.4. The van der Waals surface area contributed by atoms with Gasteiger partial charge in [-0.25, -0.2) is 4.98 Å². The number of hydrogen-bond acceptors (Lipinski definition) is 3. The molecule has 0 atom stereocenters. The van der Waals surface area contributed by atoms with Gasteiger partial charge in [-0.05, 0) is 42.3 Å².